The van der Waals surface area contributed by atoms with Gasteiger partial charge in [0.05, 0.1) is 45.5 Å². The first-order valence-corrected chi connectivity index (χ1v) is 9.31. The van der Waals surface area contributed by atoms with Gasteiger partial charge in [-0.15, -0.1) is 69.6 Å². The van der Waals surface area contributed by atoms with Crippen LogP contribution in [0, 0.1) is 0 Å². The van der Waals surface area contributed by atoms with Crippen LogP contribution in [0.4, 0.5) is 0 Å². The molecule has 2 unspecified atom stereocenters. The van der Waals surface area contributed by atoms with Crippen LogP contribution < -0.4 is 0 Å². The van der Waals surface area contributed by atoms with Crippen LogP contribution in [0.1, 0.15) is 0 Å². The largest absolute Gasteiger partial charge is 0.454 e. The number of carbonyl (C=O) groups is 1. The molecule has 0 spiro atoms. The van der Waals surface area contributed by atoms with E-state index in [9.17, 15) is 4.79 Å². The maximum atomic E-state index is 10.6. The molecule has 0 radical (unpaired) electrons. The number of aliphatic hydroxyl groups is 3. The van der Waals surface area contributed by atoms with Crippen LogP contribution in [0.3, 0.4) is 0 Å². The van der Waals surface area contributed by atoms with E-state index in [0.29, 0.717) is 0 Å². The molecule has 0 saturated heterocycles. The molecule has 0 aromatic heterocycles. The van der Waals surface area contributed by atoms with Gasteiger partial charge in [0.2, 0.25) is 0 Å². The van der Waals surface area contributed by atoms with Gasteiger partial charge in [-0.3, -0.25) is 0 Å². The molecule has 5 nitrogen and oxygen atoms in total. The topological polar surface area (TPSA) is 87.0 Å². The molecular formula is C13H18Cl6O5. The predicted octanol–water partition coefficient (Wildman–Crippen LogP) is 2.07. The fraction of sp³-hybridized carbons (Fsp3) is 0.769. The maximum Gasteiger partial charge on any atom is 0.330 e. The summed E-state index contributed by atoms with van der Waals surface area (Å²) in [4.78, 5) is 10.6. The third kappa shape index (κ3) is 7.22. The van der Waals surface area contributed by atoms with Gasteiger partial charge < -0.3 is 20.1 Å². The number of ether oxygens (including phenoxy) is 1. The number of aliphatic hydroxyl groups excluding tert-OH is 3. The van der Waals surface area contributed by atoms with Crippen molar-refractivity contribution >= 4 is 75.6 Å². The van der Waals surface area contributed by atoms with E-state index in [1.807, 2.05) is 0 Å². The molecule has 0 bridgehead atoms. The number of hydrogen-bond acceptors (Lipinski definition) is 5. The van der Waals surface area contributed by atoms with Crippen LogP contribution in [0.15, 0.2) is 12.7 Å². The van der Waals surface area contributed by atoms with Gasteiger partial charge in [-0.1, -0.05) is 6.58 Å². The van der Waals surface area contributed by atoms with Crippen LogP contribution in [0.5, 0.6) is 0 Å². The SMILES string of the molecule is C=CC(=O)OC(CO)C(O)CO.Cl[C@H]1[C@H](Cl)[C@@H](Cl)[C@@H](Cl)[C@H](Cl)[C@H]1Cl. The highest BCUT2D eigenvalue weighted by atomic mass is 35.5. The van der Waals surface area contributed by atoms with E-state index in [4.69, 9.17) is 84.9 Å². The van der Waals surface area contributed by atoms with Gasteiger partial charge in [0.25, 0.3) is 0 Å². The van der Waals surface area contributed by atoms with Crippen LogP contribution >= 0.6 is 69.6 Å². The average molecular weight is 467 g/mol. The first kappa shape index (κ1) is 24.8. The van der Waals surface area contributed by atoms with Crippen molar-refractivity contribution < 1.29 is 24.9 Å². The Morgan fingerprint density at radius 1 is 0.917 bits per heavy atom. The predicted molar refractivity (Wildman–Crippen MR) is 98.1 cm³/mol. The summed E-state index contributed by atoms with van der Waals surface area (Å²) >= 11 is 35.3. The van der Waals surface area contributed by atoms with Crippen LogP contribution in [-0.2, 0) is 9.53 Å². The summed E-state index contributed by atoms with van der Waals surface area (Å²) in [6.45, 7) is 2.02. The molecule has 0 aromatic rings. The zero-order chi connectivity index (χ0) is 19.0. The van der Waals surface area contributed by atoms with Crippen LogP contribution in [0.25, 0.3) is 0 Å². The van der Waals surface area contributed by atoms with Crippen molar-refractivity contribution in [2.24, 2.45) is 0 Å². The summed E-state index contributed by atoms with van der Waals surface area (Å²) in [5.74, 6) is -0.749. The van der Waals surface area contributed by atoms with Gasteiger partial charge in [0.15, 0.2) is 6.10 Å². The second-order valence-corrected chi connectivity index (χ2v) is 7.80. The van der Waals surface area contributed by atoms with Crippen molar-refractivity contribution in [1.29, 1.82) is 0 Å². The minimum atomic E-state index is -1.26. The quantitative estimate of drug-likeness (QED) is 0.328. The van der Waals surface area contributed by atoms with Gasteiger partial charge in [-0.2, -0.15) is 0 Å². The summed E-state index contributed by atoms with van der Waals surface area (Å²) in [5, 5.41) is 23.4. The second kappa shape index (κ2) is 12.3. The normalized spacial score (nSPS) is 35.2. The van der Waals surface area contributed by atoms with E-state index in [2.05, 4.69) is 11.3 Å². The summed E-state index contributed by atoms with van der Waals surface area (Å²) < 4.78 is 4.48. The number of carbonyl (C=O) groups excluding carboxylic acids is 1. The highest BCUT2D eigenvalue weighted by Crippen LogP contribution is 2.39. The third-order valence-corrected chi connectivity index (χ3v) is 7.09. The summed E-state index contributed by atoms with van der Waals surface area (Å²) in [6.07, 6.45) is -1.45. The zero-order valence-electron chi connectivity index (χ0n) is 12.2. The smallest absolute Gasteiger partial charge is 0.330 e. The highest BCUT2D eigenvalue weighted by molar-refractivity contribution is 6.45. The van der Waals surface area contributed by atoms with Gasteiger partial charge in [-0.25, -0.2) is 4.79 Å². The van der Waals surface area contributed by atoms with Gasteiger partial charge in [-0.05, 0) is 0 Å². The molecule has 142 valence electrons. The molecule has 0 aromatic carbocycles. The lowest BCUT2D eigenvalue weighted by Gasteiger charge is -2.37. The summed E-state index contributed by atoms with van der Waals surface area (Å²) in [7, 11) is 0. The van der Waals surface area contributed by atoms with E-state index in [1.54, 1.807) is 0 Å². The van der Waals surface area contributed by atoms with Crippen molar-refractivity contribution in [3.05, 3.63) is 12.7 Å². The average Bonchev–Trinajstić information content (AvgIpc) is 2.60. The third-order valence-electron chi connectivity index (χ3n) is 3.06. The minimum Gasteiger partial charge on any atom is -0.454 e. The monoisotopic (exact) mass is 464 g/mol. The molecule has 3 N–H and O–H groups in total. The molecule has 1 rings (SSSR count). The maximum absolute atomic E-state index is 10.6. The van der Waals surface area contributed by atoms with E-state index >= 15 is 0 Å². The van der Waals surface area contributed by atoms with Crippen LogP contribution in [0.2, 0.25) is 0 Å². The Balaban J connectivity index is 0.000000441. The summed E-state index contributed by atoms with van der Waals surface area (Å²) in [5.41, 5.74) is 0. The summed E-state index contributed by atoms with van der Waals surface area (Å²) in [6, 6.07) is 0. The fourth-order valence-corrected chi connectivity index (χ4v) is 3.93. The molecule has 1 fully saturated rings. The lowest BCUT2D eigenvalue weighted by molar-refractivity contribution is -0.153. The molecule has 11 heteroatoms. The van der Waals surface area contributed by atoms with Crippen molar-refractivity contribution in [3.8, 4) is 0 Å². The number of rotatable bonds is 5. The number of hydrogen-bond donors (Lipinski definition) is 3. The van der Waals surface area contributed by atoms with E-state index in [-0.39, 0.29) is 0 Å². The van der Waals surface area contributed by atoms with Gasteiger partial charge in [0.1, 0.15) is 6.10 Å². The van der Waals surface area contributed by atoms with E-state index in [1.165, 1.54) is 0 Å². The van der Waals surface area contributed by atoms with Gasteiger partial charge >= 0.3 is 5.97 Å². The van der Waals surface area contributed by atoms with E-state index in [0.717, 1.165) is 6.08 Å². The van der Waals surface area contributed by atoms with Crippen LogP contribution in [-0.4, -0.2) is 79.0 Å². The Labute approximate surface area is 170 Å². The molecule has 1 aliphatic carbocycles. The molecule has 24 heavy (non-hydrogen) atoms. The van der Waals surface area contributed by atoms with Crippen molar-refractivity contribution in [3.63, 3.8) is 0 Å². The van der Waals surface area contributed by atoms with Gasteiger partial charge in [0, 0.05) is 6.08 Å². The molecule has 0 amide bonds. The second-order valence-electron chi connectivity index (χ2n) is 4.78. The fourth-order valence-electron chi connectivity index (χ4n) is 1.61. The van der Waals surface area contributed by atoms with Crippen molar-refractivity contribution in [1.82, 2.24) is 0 Å². The van der Waals surface area contributed by atoms with Crippen molar-refractivity contribution in [2.45, 2.75) is 44.5 Å². The number of esters is 1. The molecule has 0 aliphatic heterocycles. The Morgan fingerprint density at radius 2 is 1.25 bits per heavy atom. The highest BCUT2D eigenvalue weighted by Gasteiger charge is 2.46. The molecular weight excluding hydrogens is 449 g/mol. The Hall–Kier alpha value is 0.830. The molecule has 1 aliphatic rings. The molecule has 2 atom stereocenters. The van der Waals surface area contributed by atoms with Crippen molar-refractivity contribution in [2.75, 3.05) is 13.2 Å². The minimum absolute atomic E-state index is 0.437. The number of halogens is 6. The lowest BCUT2D eigenvalue weighted by atomic mass is 9.97. The first-order chi connectivity index (χ1) is 11.1. The molecule has 1 saturated carbocycles. The number of alkyl halides is 6. The standard InChI is InChI=1S/C7H12O5.C6H6Cl6/c1-2-7(11)12-6(4-9)5(10)3-8;7-1-2(8)4(10)6(12)5(11)3(1)9/h2,5-6,8-10H,1,3-4H2;1-6H/t;1-,2-,3-,4+,5+,6+. The molecule has 0 heterocycles. The van der Waals surface area contributed by atoms with E-state index < -0.39 is 63.7 Å². The lowest BCUT2D eigenvalue weighted by Crippen LogP contribution is -2.52. The first-order valence-electron chi connectivity index (χ1n) is 6.69. The Bertz CT molecular complexity index is 343. The Morgan fingerprint density at radius 3 is 1.46 bits per heavy atom. The Kier molecular flexibility index (Phi) is 12.7. The zero-order valence-corrected chi connectivity index (χ0v) is 16.8.